The number of aromatic hydroxyl groups is 8. The van der Waals surface area contributed by atoms with Gasteiger partial charge in [0.15, 0.2) is 22.7 Å². The van der Waals surface area contributed by atoms with E-state index in [2.05, 4.69) is 130 Å². The van der Waals surface area contributed by atoms with E-state index in [1.165, 1.54) is 76.4 Å². The quantitative estimate of drug-likeness (QED) is 0.00525. The number of azo groups is 4. The Labute approximate surface area is 815 Å². The number of hydrazone groups is 1. The summed E-state index contributed by atoms with van der Waals surface area (Å²) in [6.07, 6.45) is 7.40. The maximum atomic E-state index is 12.3. The summed E-state index contributed by atoms with van der Waals surface area (Å²) in [7, 11) is 5.72. The number of nitrogens with zero attached hydrogens (tertiary/aromatic N) is 23. The van der Waals surface area contributed by atoms with E-state index in [9.17, 15) is 122 Å². The minimum Gasteiger partial charge on any atom is -0.506 e. The van der Waals surface area contributed by atoms with E-state index in [-0.39, 0.29) is 201 Å². The number of nitriles is 4. The number of phenols is 4. The first-order valence-corrected chi connectivity index (χ1v) is 41.8. The molecule has 4 aromatic heterocycles. The van der Waals surface area contributed by atoms with Crippen LogP contribution < -0.4 is 36.9 Å². The topological polar surface area (TPSA) is 649 Å². The Morgan fingerprint density at radius 2 is 0.755 bits per heavy atom. The van der Waals surface area contributed by atoms with E-state index in [1.54, 1.807) is 36.3 Å². The van der Waals surface area contributed by atoms with Gasteiger partial charge in [0.2, 0.25) is 34.9 Å². The molecule has 9 N–H and O–H groups in total. The molecule has 11 rings (SSSR count). The van der Waals surface area contributed by atoms with Gasteiger partial charge in [-0.1, -0.05) is 57.0 Å². The van der Waals surface area contributed by atoms with Crippen molar-refractivity contribution in [2.75, 3.05) is 45.8 Å². The molecule has 0 amide bonds. The Hall–Kier alpha value is -17.1. The van der Waals surface area contributed by atoms with E-state index >= 15 is 0 Å². The first kappa shape index (κ1) is 114. The Morgan fingerprint density at radius 1 is 0.468 bits per heavy atom. The summed E-state index contributed by atoms with van der Waals surface area (Å²) in [5.41, 5.74) is -0.946. The molecule has 0 saturated heterocycles. The standard InChI is InChI=1S/C20H24N3O.2C17H17N5O5.2C16H13N5O5.C6H15N.2Co/c1-20(2)17-8-6-7-9-18(17)22(3)19(20)14-21-23(4)15-10-12-16(24-5)13-11-15;2*1-3-4-7-21-16(24)12(9-18)10(2)15(17(21)25)20-19-13-8-11(22(26)27)5-6-14(13)23;2*1-3-6-20-15(23)11(8-17)9(2)14(16(20)24)19-18-12-7-10(21(25)26)4-5-13(12)22;1-4-7(5-2)6-3;;/h6-14H,1-5H3;2*5-6,8,23,25H,3-4,7H2,1-2H3;2*3-5,7,22,24H,1,6H2,2H3;4-6H2,1-3H3;;/q+1;;;;;;;/p+1. The molecule has 0 spiro atoms. The van der Waals surface area contributed by atoms with Crippen LogP contribution in [0.15, 0.2) is 212 Å². The minimum absolute atomic E-state index is 0. The van der Waals surface area contributed by atoms with Crippen LogP contribution in [0.5, 0.6) is 52.3 Å². The van der Waals surface area contributed by atoms with E-state index in [0.29, 0.717) is 12.8 Å². The normalized spacial score (nSPS) is 11.4. The van der Waals surface area contributed by atoms with E-state index in [1.807, 2.05) is 56.4 Å². The molecule has 139 heavy (non-hydrogen) atoms. The second-order valence-corrected chi connectivity index (χ2v) is 30.0. The number of benzene rings is 6. The second kappa shape index (κ2) is 53.1. The van der Waals surface area contributed by atoms with Crippen molar-refractivity contribution in [3.63, 3.8) is 0 Å². The van der Waals surface area contributed by atoms with Gasteiger partial charge in [-0.05, 0) is 124 Å². The number of allylic oxidation sites excluding steroid dienone is 2. The van der Waals surface area contributed by atoms with Crippen molar-refractivity contribution >= 4 is 91.5 Å². The summed E-state index contributed by atoms with van der Waals surface area (Å²) >= 11 is 0. The van der Waals surface area contributed by atoms with Crippen molar-refractivity contribution in [3.05, 3.63) is 279 Å². The third-order valence-electron chi connectivity index (χ3n) is 21.1. The van der Waals surface area contributed by atoms with Crippen molar-refractivity contribution in [3.8, 4) is 76.5 Å². The number of hydrogen-bond donors (Lipinski definition) is 9. The number of unbranched alkanes of at least 4 members (excludes halogenated alkanes) is 2. The number of methoxy groups -OCH3 is 1. The molecule has 0 fully saturated rings. The first-order chi connectivity index (χ1) is 65.0. The third-order valence-corrected chi connectivity index (χ3v) is 21.1. The number of nitro benzene ring substituents is 4. The Morgan fingerprint density at radius 3 is 1.01 bits per heavy atom. The summed E-state index contributed by atoms with van der Waals surface area (Å²) in [5, 5.41) is 197. The number of nitro groups is 4. The summed E-state index contributed by atoms with van der Waals surface area (Å²) in [6, 6.07) is 36.3. The van der Waals surface area contributed by atoms with Crippen molar-refractivity contribution < 1.29 is 108 Å². The number of nitrogens with one attached hydrogen (secondary N) is 1. The van der Waals surface area contributed by atoms with Crippen LogP contribution in [0, 0.1) is 113 Å². The average molecular weight is 2000 g/mol. The fourth-order valence-electron chi connectivity index (χ4n) is 13.1. The van der Waals surface area contributed by atoms with Crippen LogP contribution >= 0.6 is 0 Å². The number of ether oxygens (including phenoxy) is 1. The minimum atomic E-state index is -0.709. The zero-order valence-electron chi connectivity index (χ0n) is 77.8. The molecule has 47 heteroatoms. The van der Waals surface area contributed by atoms with Gasteiger partial charge in [0.1, 0.15) is 111 Å². The number of non-ortho nitro benzene ring substituents is 4. The molecule has 0 unspecified atom stereocenters. The summed E-state index contributed by atoms with van der Waals surface area (Å²) in [5.74, 6) is -2.58. The molecule has 6 aromatic carbocycles. The van der Waals surface area contributed by atoms with Crippen molar-refractivity contribution in [1.29, 1.82) is 21.0 Å². The maximum absolute atomic E-state index is 12.3. The molecule has 45 nitrogen and oxygen atoms in total. The van der Waals surface area contributed by atoms with Gasteiger partial charge in [-0.3, -0.25) is 82.9 Å². The molecule has 0 bridgehead atoms. The summed E-state index contributed by atoms with van der Waals surface area (Å²) < 4.78 is 11.3. The van der Waals surface area contributed by atoms with Gasteiger partial charge in [0, 0.05) is 149 Å². The van der Waals surface area contributed by atoms with Gasteiger partial charge in [0.25, 0.3) is 45.0 Å². The van der Waals surface area contributed by atoms with Crippen molar-refractivity contribution in [2.45, 2.75) is 133 Å². The van der Waals surface area contributed by atoms with Gasteiger partial charge >= 0.3 is 0 Å². The van der Waals surface area contributed by atoms with Crippen LogP contribution in [0.25, 0.3) is 0 Å². The van der Waals surface area contributed by atoms with Crippen LogP contribution in [0.3, 0.4) is 0 Å². The third kappa shape index (κ3) is 28.0. The number of anilines is 1. The van der Waals surface area contributed by atoms with Crippen molar-refractivity contribution in [2.24, 2.45) is 46.0 Å². The van der Waals surface area contributed by atoms with E-state index < -0.39 is 65.5 Å². The SMILES string of the molecule is C=CCn1c(O)c(N=Nc2cc([N+](=O)[O-])ccc2O)c(C)c(C#N)c1=O.C=CCn1c(O)c(N=Nc2cc([N+](=O)[O-])ccc2O)c(C)c(C#N)c1=O.CCCCn1c(O)c(N=Nc2cc([N+](=O)[O-])ccc2O)c(C)c(C#N)c1=O.CCCCn1c(O)c(N=Nc2cc([N+](=O)[O-])ccc2O)c(C)c(C#N)c1=O.CC[NH+](CC)CC.COc1ccc(N(C)/N=C/C2=[N+](C)c3ccccc3C2(C)C)cc1.[Co].[Co]. The Balaban J connectivity index is 0.000000355. The fourth-order valence-corrected chi connectivity index (χ4v) is 13.1. The maximum Gasteiger partial charge on any atom is 0.271 e. The fraction of sp³-hybridized carbons (Fsp3) is 0.283. The molecule has 0 atom stereocenters. The predicted molar refractivity (Wildman–Crippen MR) is 506 cm³/mol. The number of aromatic nitrogens is 4. The number of phenolic OH excluding ortho intramolecular Hbond substituents is 4. The molecule has 0 saturated carbocycles. The molecule has 1 aliphatic heterocycles. The smallest absolute Gasteiger partial charge is 0.271 e. The van der Waals surface area contributed by atoms with Crippen LogP contribution in [-0.4, -0.2) is 136 Å². The number of quaternary nitrogens is 1. The zero-order chi connectivity index (χ0) is 102. The predicted octanol–water partition coefficient (Wildman–Crippen LogP) is 16.8. The number of hydrogen-bond acceptors (Lipinski definition) is 35. The molecule has 730 valence electrons. The van der Waals surface area contributed by atoms with Crippen LogP contribution in [0.2, 0.25) is 0 Å². The Bertz CT molecular complexity index is 6580. The van der Waals surface area contributed by atoms with Crippen LogP contribution in [0.4, 0.5) is 79.6 Å². The zero-order valence-corrected chi connectivity index (χ0v) is 79.9. The second-order valence-electron chi connectivity index (χ2n) is 30.0. The number of rotatable bonds is 29. The molecule has 5 heterocycles. The largest absolute Gasteiger partial charge is 0.506 e. The summed E-state index contributed by atoms with van der Waals surface area (Å²) in [6.45, 7) is 31.7. The molecular weight excluding hydrogens is 1900 g/mol. The van der Waals surface area contributed by atoms with E-state index in [4.69, 9.17) is 4.74 Å². The first-order valence-electron chi connectivity index (χ1n) is 41.8. The van der Waals surface area contributed by atoms with Crippen LogP contribution in [0.1, 0.15) is 124 Å². The van der Waals surface area contributed by atoms with Gasteiger partial charge in [0.05, 0.1) is 57.5 Å². The van der Waals surface area contributed by atoms with Gasteiger partial charge in [-0.25, -0.2) is 0 Å². The molecular formula is C92H100Co2N24O21+2. The van der Waals surface area contributed by atoms with Gasteiger partial charge in [-0.15, -0.1) is 54.1 Å². The molecule has 2 radical (unpaired) electrons. The Kier molecular flexibility index (Phi) is 43.6. The summed E-state index contributed by atoms with van der Waals surface area (Å²) in [4.78, 5) is 91.4. The van der Waals surface area contributed by atoms with Crippen molar-refractivity contribution in [1.82, 2.24) is 18.3 Å². The number of pyridine rings is 4. The van der Waals surface area contributed by atoms with E-state index in [0.717, 1.165) is 115 Å². The molecule has 10 aromatic rings. The monoisotopic (exact) mass is 1990 g/mol. The molecule has 0 aliphatic carbocycles. The number of para-hydroxylation sites is 1. The number of fused-ring (bicyclic) bond motifs is 1. The van der Waals surface area contributed by atoms with Gasteiger partial charge in [-0.2, -0.15) is 30.7 Å². The van der Waals surface area contributed by atoms with Crippen LogP contribution in [-0.2, 0) is 65.2 Å². The molecule has 1 aliphatic rings. The van der Waals surface area contributed by atoms with Gasteiger partial charge < -0.3 is 50.5 Å². The average Bonchev–Trinajstić information content (AvgIpc) is 1.59.